The summed E-state index contributed by atoms with van der Waals surface area (Å²) in [6, 6.07) is 20.4. The van der Waals surface area contributed by atoms with Crippen LogP contribution < -0.4 is 0 Å². The van der Waals surface area contributed by atoms with E-state index < -0.39 is 0 Å². The normalized spacial score (nSPS) is 24.2. The van der Waals surface area contributed by atoms with Gasteiger partial charge in [-0.15, -0.1) is 0 Å². The van der Waals surface area contributed by atoms with Gasteiger partial charge in [0.05, 0.1) is 23.3 Å². The molecule has 0 aliphatic heterocycles. The first-order chi connectivity index (χ1) is 12.6. The maximum Gasteiger partial charge on any atom is 0.0991 e. The van der Waals surface area contributed by atoms with Gasteiger partial charge < -0.3 is 0 Å². The number of allylic oxidation sites excluding steroid dienone is 2. The first-order valence-corrected chi connectivity index (χ1v) is 8.98. The van der Waals surface area contributed by atoms with E-state index in [0.717, 1.165) is 6.42 Å². The summed E-state index contributed by atoms with van der Waals surface area (Å²) in [6.07, 6.45) is 5.69. The summed E-state index contributed by atoms with van der Waals surface area (Å²) in [5, 5.41) is 18.2. The van der Waals surface area contributed by atoms with Gasteiger partial charge in [0.25, 0.3) is 0 Å². The molecule has 0 saturated heterocycles. The lowest BCUT2D eigenvalue weighted by molar-refractivity contribution is 0.451. The second kappa shape index (κ2) is 6.15. The second-order valence-electron chi connectivity index (χ2n) is 7.63. The van der Waals surface area contributed by atoms with Gasteiger partial charge in [-0.2, -0.15) is 10.5 Å². The van der Waals surface area contributed by atoms with Gasteiger partial charge in [-0.25, -0.2) is 0 Å². The van der Waals surface area contributed by atoms with E-state index in [9.17, 15) is 0 Å². The molecule has 2 aliphatic carbocycles. The van der Waals surface area contributed by atoms with E-state index in [1.54, 1.807) is 0 Å². The number of hydrogen-bond donors (Lipinski definition) is 0. The van der Waals surface area contributed by atoms with Gasteiger partial charge in [0, 0.05) is 11.8 Å². The minimum Gasteiger partial charge on any atom is -0.192 e. The van der Waals surface area contributed by atoms with Crippen LogP contribution >= 0.6 is 0 Å². The Labute approximate surface area is 155 Å². The Morgan fingerprint density at radius 1 is 0.808 bits per heavy atom. The monoisotopic (exact) mass is 336 g/mol. The van der Waals surface area contributed by atoms with Crippen molar-refractivity contribution in [2.45, 2.75) is 20.3 Å². The first-order valence-electron chi connectivity index (χ1n) is 8.98. The number of rotatable bonds is 2. The average Bonchev–Trinajstić information content (AvgIpc) is 3.19. The van der Waals surface area contributed by atoms with Gasteiger partial charge in [-0.3, -0.25) is 0 Å². The Hall–Kier alpha value is -2.84. The third-order valence-corrected chi connectivity index (χ3v) is 5.87. The topological polar surface area (TPSA) is 47.6 Å². The maximum absolute atomic E-state index is 9.09. The van der Waals surface area contributed by atoms with Crippen LogP contribution in [0.2, 0.25) is 0 Å². The van der Waals surface area contributed by atoms with Crippen LogP contribution in [0.5, 0.6) is 0 Å². The quantitative estimate of drug-likeness (QED) is 0.707. The van der Waals surface area contributed by atoms with Gasteiger partial charge in [0.15, 0.2) is 0 Å². The lowest BCUT2D eigenvalue weighted by Crippen LogP contribution is -2.26. The molecule has 2 nitrogen and oxygen atoms in total. The van der Waals surface area contributed by atoms with E-state index in [-0.39, 0.29) is 5.41 Å². The smallest absolute Gasteiger partial charge is 0.0991 e. The van der Waals surface area contributed by atoms with Gasteiger partial charge in [-0.1, -0.05) is 50.3 Å². The highest BCUT2D eigenvalue weighted by Gasteiger charge is 2.56. The summed E-state index contributed by atoms with van der Waals surface area (Å²) in [5.41, 5.74) is 3.78. The van der Waals surface area contributed by atoms with Crippen LogP contribution in [0.4, 0.5) is 0 Å². The van der Waals surface area contributed by atoms with Crippen LogP contribution in [-0.2, 0) is 0 Å². The fourth-order valence-corrected chi connectivity index (χ4v) is 4.85. The molecular formula is C24H20N2. The van der Waals surface area contributed by atoms with Crippen molar-refractivity contribution in [1.82, 2.24) is 0 Å². The van der Waals surface area contributed by atoms with Crippen molar-refractivity contribution in [3.63, 3.8) is 0 Å². The molecule has 0 N–H and O–H groups in total. The highest BCUT2D eigenvalue weighted by molar-refractivity contribution is 5.55. The minimum absolute atomic E-state index is 0.0671. The zero-order valence-electron chi connectivity index (χ0n) is 15.0. The minimum atomic E-state index is -0.0671. The summed E-state index contributed by atoms with van der Waals surface area (Å²) >= 11 is 0. The molecule has 0 spiro atoms. The molecule has 4 rings (SSSR count). The van der Waals surface area contributed by atoms with Crippen molar-refractivity contribution in [3.05, 3.63) is 94.8 Å². The number of fused-ring (bicyclic) bond motifs is 1. The van der Waals surface area contributed by atoms with E-state index in [2.05, 4.69) is 62.4 Å². The average molecular weight is 336 g/mol. The molecule has 0 heterocycles. The Kier molecular flexibility index (Phi) is 3.93. The number of hydrogen-bond acceptors (Lipinski definition) is 2. The molecule has 2 atom stereocenters. The molecule has 2 aromatic carbocycles. The summed E-state index contributed by atoms with van der Waals surface area (Å²) in [4.78, 5) is 0. The van der Waals surface area contributed by atoms with Crippen molar-refractivity contribution in [2.75, 3.05) is 0 Å². The first kappa shape index (κ1) is 16.6. The molecule has 2 radical (unpaired) electrons. The SMILES string of the molecule is CC1(C)[C](c2ccc(C#N)cc2)C2C=CCC2[C]1c1ccc(C#N)cc1. The van der Waals surface area contributed by atoms with E-state index in [1.165, 1.54) is 23.0 Å². The molecule has 126 valence electrons. The van der Waals surface area contributed by atoms with Crippen molar-refractivity contribution in [3.8, 4) is 12.1 Å². The summed E-state index contributed by atoms with van der Waals surface area (Å²) in [5.74, 6) is 3.77. The van der Waals surface area contributed by atoms with Crippen molar-refractivity contribution < 1.29 is 0 Å². The molecule has 0 aromatic heterocycles. The molecule has 2 aromatic rings. The molecule has 1 fully saturated rings. The zero-order chi connectivity index (χ0) is 18.3. The predicted octanol–water partition coefficient (Wildman–Crippen LogP) is 5.21. The zero-order valence-corrected chi connectivity index (χ0v) is 15.0. The number of benzene rings is 2. The molecule has 2 heteroatoms. The van der Waals surface area contributed by atoms with Crippen LogP contribution in [0.3, 0.4) is 0 Å². The lowest BCUT2D eigenvalue weighted by atomic mass is 9.68. The molecule has 2 unspecified atom stereocenters. The summed E-state index contributed by atoms with van der Waals surface area (Å²) < 4.78 is 0. The van der Waals surface area contributed by atoms with E-state index in [0.29, 0.717) is 23.0 Å². The van der Waals surface area contributed by atoms with Crippen molar-refractivity contribution in [2.24, 2.45) is 17.3 Å². The molecular weight excluding hydrogens is 316 g/mol. The summed E-state index contributed by atoms with van der Waals surface area (Å²) in [6.45, 7) is 4.61. The van der Waals surface area contributed by atoms with Gasteiger partial charge in [0.1, 0.15) is 0 Å². The van der Waals surface area contributed by atoms with Crippen LogP contribution in [0.15, 0.2) is 60.7 Å². The Bertz CT molecular complexity index is 920. The Morgan fingerprint density at radius 2 is 1.31 bits per heavy atom. The molecule has 0 bridgehead atoms. The van der Waals surface area contributed by atoms with Gasteiger partial charge in [0.2, 0.25) is 0 Å². The van der Waals surface area contributed by atoms with Gasteiger partial charge >= 0.3 is 0 Å². The standard InChI is InChI=1S/C24H20N2/c1-24(2)22(18-10-6-16(14-25)7-11-18)20-4-3-5-21(20)23(24)19-12-8-17(15-26)9-13-19/h3-4,6-13,20-21H,5H2,1-2H3. The maximum atomic E-state index is 9.09. The van der Waals surface area contributed by atoms with Crippen LogP contribution in [0.25, 0.3) is 0 Å². The Balaban J connectivity index is 1.77. The molecule has 1 saturated carbocycles. The number of nitriles is 2. The van der Waals surface area contributed by atoms with Crippen molar-refractivity contribution in [1.29, 1.82) is 10.5 Å². The molecule has 2 aliphatic rings. The lowest BCUT2D eigenvalue weighted by Gasteiger charge is -2.35. The summed E-state index contributed by atoms with van der Waals surface area (Å²) in [7, 11) is 0. The largest absolute Gasteiger partial charge is 0.192 e. The highest BCUT2D eigenvalue weighted by Crippen LogP contribution is 2.64. The second-order valence-corrected chi connectivity index (χ2v) is 7.63. The molecule has 26 heavy (non-hydrogen) atoms. The van der Waals surface area contributed by atoms with Crippen LogP contribution in [0.1, 0.15) is 42.5 Å². The number of nitrogens with zero attached hydrogens (tertiary/aromatic N) is 2. The Morgan fingerprint density at radius 3 is 1.81 bits per heavy atom. The highest BCUT2D eigenvalue weighted by atomic mass is 14.6. The third kappa shape index (κ3) is 2.46. The van der Waals surface area contributed by atoms with E-state index >= 15 is 0 Å². The van der Waals surface area contributed by atoms with Crippen molar-refractivity contribution >= 4 is 0 Å². The van der Waals surface area contributed by atoms with Crippen LogP contribution in [-0.4, -0.2) is 0 Å². The molecule has 0 amide bonds. The fourth-order valence-electron chi connectivity index (χ4n) is 4.85. The predicted molar refractivity (Wildman–Crippen MR) is 102 cm³/mol. The van der Waals surface area contributed by atoms with E-state index in [1.807, 2.05) is 24.3 Å². The third-order valence-electron chi connectivity index (χ3n) is 5.87. The fraction of sp³-hybridized carbons (Fsp3) is 0.250. The van der Waals surface area contributed by atoms with Gasteiger partial charge in [-0.05, 0) is 59.1 Å². The van der Waals surface area contributed by atoms with Crippen LogP contribution in [0, 0.1) is 51.7 Å². The van der Waals surface area contributed by atoms with E-state index in [4.69, 9.17) is 10.5 Å².